The summed E-state index contributed by atoms with van der Waals surface area (Å²) in [5.41, 5.74) is 8.23. The first-order valence-electron chi connectivity index (χ1n) is 14.2. The summed E-state index contributed by atoms with van der Waals surface area (Å²) < 4.78 is 0. The molecular formula is C32H37N5O2. The van der Waals surface area contributed by atoms with E-state index in [0.717, 1.165) is 79.1 Å². The molecule has 0 bridgehead atoms. The Balaban J connectivity index is 1.33. The molecule has 3 heterocycles. The van der Waals surface area contributed by atoms with E-state index < -0.39 is 0 Å². The molecule has 3 aliphatic rings. The van der Waals surface area contributed by atoms with Crippen LogP contribution in [0.25, 0.3) is 5.57 Å². The average molecular weight is 524 g/mol. The fourth-order valence-electron chi connectivity index (χ4n) is 6.04. The second kappa shape index (κ2) is 11.4. The number of nitrogens with zero attached hydrogens (tertiary/aromatic N) is 4. The van der Waals surface area contributed by atoms with Crippen molar-refractivity contribution in [3.8, 4) is 6.07 Å². The van der Waals surface area contributed by atoms with Crippen LogP contribution in [0.4, 0.5) is 0 Å². The van der Waals surface area contributed by atoms with Crippen molar-refractivity contribution >= 4 is 17.4 Å². The molecule has 0 saturated carbocycles. The summed E-state index contributed by atoms with van der Waals surface area (Å²) in [5.74, 6) is 1.48. The van der Waals surface area contributed by atoms with Crippen LogP contribution in [0.3, 0.4) is 0 Å². The van der Waals surface area contributed by atoms with E-state index in [4.69, 9.17) is 10.2 Å². The minimum absolute atomic E-state index is 0.0854. The van der Waals surface area contributed by atoms with Crippen molar-refractivity contribution in [2.45, 2.75) is 71.8 Å². The number of allylic oxidation sites excluding steroid dienone is 4. The molecule has 7 heteroatoms. The molecule has 1 N–H and O–H groups in total. The maximum absolute atomic E-state index is 13.8. The van der Waals surface area contributed by atoms with Crippen molar-refractivity contribution < 1.29 is 9.59 Å². The van der Waals surface area contributed by atoms with Gasteiger partial charge in [0.05, 0.1) is 29.6 Å². The highest BCUT2D eigenvalue weighted by atomic mass is 16.2. The van der Waals surface area contributed by atoms with Crippen molar-refractivity contribution in [1.29, 1.82) is 5.26 Å². The van der Waals surface area contributed by atoms with Crippen molar-refractivity contribution in [1.82, 2.24) is 19.8 Å². The molecule has 1 saturated heterocycles. The number of benzene rings is 1. The lowest BCUT2D eigenvalue weighted by Crippen LogP contribution is -2.39. The lowest BCUT2D eigenvalue weighted by molar-refractivity contribution is -0.130. The maximum Gasteiger partial charge on any atom is 0.253 e. The molecule has 202 valence electrons. The Hall–Kier alpha value is -3.92. The maximum atomic E-state index is 13.8. The highest BCUT2D eigenvalue weighted by molar-refractivity contribution is 5.99. The smallest absolute Gasteiger partial charge is 0.253 e. The average Bonchev–Trinajstić information content (AvgIpc) is 3.30. The molecule has 1 aromatic carbocycles. The van der Waals surface area contributed by atoms with Gasteiger partial charge in [-0.25, -0.2) is 4.98 Å². The number of rotatable bonds is 5. The number of hydrogen-bond acceptors (Lipinski definition) is 4. The van der Waals surface area contributed by atoms with Crippen LogP contribution in [0.15, 0.2) is 53.1 Å². The predicted molar refractivity (Wildman–Crippen MR) is 151 cm³/mol. The first kappa shape index (κ1) is 26.7. The topological polar surface area (TPSA) is 93.1 Å². The second-order valence-electron chi connectivity index (χ2n) is 10.7. The molecule has 5 rings (SSSR count). The Morgan fingerprint density at radius 2 is 1.82 bits per heavy atom. The summed E-state index contributed by atoms with van der Waals surface area (Å²) in [6.45, 7) is 8.62. The van der Waals surface area contributed by atoms with Crippen LogP contribution in [0.1, 0.15) is 87.1 Å². The van der Waals surface area contributed by atoms with Gasteiger partial charge in [-0.05, 0) is 66.9 Å². The zero-order valence-corrected chi connectivity index (χ0v) is 23.2. The van der Waals surface area contributed by atoms with Gasteiger partial charge in [0.2, 0.25) is 5.91 Å². The van der Waals surface area contributed by atoms with Gasteiger partial charge in [-0.2, -0.15) is 5.26 Å². The van der Waals surface area contributed by atoms with Crippen LogP contribution in [-0.4, -0.2) is 51.2 Å². The van der Waals surface area contributed by atoms with E-state index >= 15 is 0 Å². The molecule has 1 aliphatic carbocycles. The van der Waals surface area contributed by atoms with Crippen molar-refractivity contribution in [2.24, 2.45) is 0 Å². The van der Waals surface area contributed by atoms with Gasteiger partial charge in [-0.15, -0.1) is 0 Å². The summed E-state index contributed by atoms with van der Waals surface area (Å²) in [6, 6.07) is 10.0. The SMILES string of the molecule is CCC1=CC(CC)=C(c2nc3c([nH]2)CN(C(C)=O)CC3)CC=C1C(=O)N1CCC(c2ccc(C#N)cc2)CC1. The Morgan fingerprint density at radius 1 is 1.08 bits per heavy atom. The van der Waals surface area contributed by atoms with Gasteiger partial charge in [-0.1, -0.05) is 38.1 Å². The van der Waals surface area contributed by atoms with Gasteiger partial charge in [-0.3, -0.25) is 9.59 Å². The van der Waals surface area contributed by atoms with Gasteiger partial charge in [0.25, 0.3) is 5.91 Å². The van der Waals surface area contributed by atoms with Gasteiger partial charge in [0.15, 0.2) is 0 Å². The van der Waals surface area contributed by atoms with Crippen LogP contribution in [0, 0.1) is 11.3 Å². The summed E-state index contributed by atoms with van der Waals surface area (Å²) in [7, 11) is 0. The second-order valence-corrected chi connectivity index (χ2v) is 10.7. The summed E-state index contributed by atoms with van der Waals surface area (Å²) in [5, 5.41) is 9.07. The number of carbonyl (C=O) groups excluding carboxylic acids is 2. The summed E-state index contributed by atoms with van der Waals surface area (Å²) in [4.78, 5) is 38.0. The lowest BCUT2D eigenvalue weighted by Gasteiger charge is -2.33. The third-order valence-electron chi connectivity index (χ3n) is 8.44. The lowest BCUT2D eigenvalue weighted by atomic mass is 9.88. The molecule has 2 aromatic rings. The normalized spacial score (nSPS) is 18.2. The number of amides is 2. The number of aromatic amines is 1. The molecule has 7 nitrogen and oxygen atoms in total. The summed E-state index contributed by atoms with van der Waals surface area (Å²) >= 11 is 0. The molecular weight excluding hydrogens is 486 g/mol. The zero-order valence-electron chi connectivity index (χ0n) is 23.2. The number of fused-ring (bicyclic) bond motifs is 1. The van der Waals surface area contributed by atoms with E-state index in [1.54, 1.807) is 6.92 Å². The van der Waals surface area contributed by atoms with Gasteiger partial charge in [0.1, 0.15) is 5.82 Å². The van der Waals surface area contributed by atoms with Crippen molar-refractivity contribution in [2.75, 3.05) is 19.6 Å². The number of piperidine rings is 1. The van der Waals surface area contributed by atoms with Crippen molar-refractivity contribution in [3.05, 3.63) is 81.5 Å². The van der Waals surface area contributed by atoms with E-state index in [1.165, 1.54) is 11.1 Å². The van der Waals surface area contributed by atoms with E-state index in [9.17, 15) is 9.59 Å². The van der Waals surface area contributed by atoms with Crippen LogP contribution < -0.4 is 0 Å². The highest BCUT2D eigenvalue weighted by Gasteiger charge is 2.29. The number of likely N-dealkylation sites (tertiary alicyclic amines) is 1. The first-order chi connectivity index (χ1) is 18.9. The third-order valence-corrected chi connectivity index (χ3v) is 8.44. The van der Waals surface area contributed by atoms with E-state index in [0.29, 0.717) is 31.0 Å². The quantitative estimate of drug-likeness (QED) is 0.566. The number of nitriles is 1. The Labute approximate surface area is 230 Å². The monoisotopic (exact) mass is 523 g/mol. The van der Waals surface area contributed by atoms with Gasteiger partial charge >= 0.3 is 0 Å². The standard InChI is InChI=1S/C32H37N5O2/c1-4-23-18-24(5-2)28(11-10-27(23)31-34-29-14-17-37(21(3)38)20-30(29)35-31)32(39)36-15-12-26(13-16-36)25-8-6-22(19-33)7-9-25/h6-9,11,18,26H,4-5,10,12-17,20H2,1-3H3,(H,34,35). The zero-order chi connectivity index (χ0) is 27.5. The predicted octanol–water partition coefficient (Wildman–Crippen LogP) is 5.42. The Morgan fingerprint density at radius 3 is 2.46 bits per heavy atom. The van der Waals surface area contributed by atoms with Gasteiger partial charge < -0.3 is 14.8 Å². The number of nitrogens with one attached hydrogen (secondary N) is 1. The number of aromatic nitrogens is 2. The minimum Gasteiger partial charge on any atom is -0.340 e. The largest absolute Gasteiger partial charge is 0.340 e. The Bertz CT molecular complexity index is 1390. The van der Waals surface area contributed by atoms with E-state index in [-0.39, 0.29) is 11.8 Å². The number of carbonyl (C=O) groups is 2. The molecule has 39 heavy (non-hydrogen) atoms. The van der Waals surface area contributed by atoms with Crippen LogP contribution in [0.5, 0.6) is 0 Å². The third kappa shape index (κ3) is 5.47. The van der Waals surface area contributed by atoms with Crippen LogP contribution in [0.2, 0.25) is 0 Å². The fourth-order valence-corrected chi connectivity index (χ4v) is 6.04. The molecule has 1 fully saturated rings. The molecule has 0 atom stereocenters. The molecule has 0 unspecified atom stereocenters. The number of imidazole rings is 1. The Kier molecular flexibility index (Phi) is 7.83. The van der Waals surface area contributed by atoms with Gasteiger partial charge in [0, 0.05) is 44.1 Å². The van der Waals surface area contributed by atoms with E-state index in [2.05, 4.69) is 49.2 Å². The van der Waals surface area contributed by atoms with Crippen molar-refractivity contribution in [3.63, 3.8) is 0 Å². The molecule has 2 aliphatic heterocycles. The minimum atomic E-state index is 0.0854. The first-order valence-corrected chi connectivity index (χ1v) is 14.2. The van der Waals surface area contributed by atoms with Crippen LogP contribution in [-0.2, 0) is 22.6 Å². The number of H-pyrrole nitrogens is 1. The highest BCUT2D eigenvalue weighted by Crippen LogP contribution is 2.35. The van der Waals surface area contributed by atoms with Crippen LogP contribution >= 0.6 is 0 Å². The summed E-state index contributed by atoms with van der Waals surface area (Å²) in [6.07, 6.45) is 9.21. The molecule has 1 aromatic heterocycles. The molecule has 0 radical (unpaired) electrons. The fraction of sp³-hybridized carbons (Fsp3) is 0.438. The molecule has 2 amide bonds. The van der Waals surface area contributed by atoms with E-state index in [1.807, 2.05) is 21.9 Å². The number of hydrogen-bond donors (Lipinski definition) is 1. The molecule has 0 spiro atoms.